The van der Waals surface area contributed by atoms with Crippen molar-refractivity contribution in [3.63, 3.8) is 0 Å². The number of nitrogens with zero attached hydrogens (tertiary/aromatic N) is 2. The van der Waals surface area contributed by atoms with Crippen molar-refractivity contribution in [3.8, 4) is 17.2 Å². The Morgan fingerprint density at radius 3 is 2.73 bits per heavy atom. The van der Waals surface area contributed by atoms with Gasteiger partial charge in [-0.25, -0.2) is 4.98 Å². The number of rotatable bonds is 1. The summed E-state index contributed by atoms with van der Waals surface area (Å²) in [5, 5.41) is 1.32. The van der Waals surface area contributed by atoms with E-state index >= 15 is 0 Å². The van der Waals surface area contributed by atoms with Gasteiger partial charge in [-0.05, 0) is 37.3 Å². The number of hydrogen-bond donors (Lipinski definition) is 0. The molecular formula is C24H17ClN2O3. The molecule has 0 spiro atoms. The number of aromatic nitrogens is 2. The Kier molecular flexibility index (Phi) is 3.56. The number of ether oxygens (including phenoxy) is 2. The van der Waals surface area contributed by atoms with Crippen LogP contribution in [-0.2, 0) is 5.60 Å². The monoisotopic (exact) mass is 416 g/mol. The molecule has 0 amide bonds. The number of hydrogen-bond acceptors (Lipinski definition) is 4. The van der Waals surface area contributed by atoms with E-state index in [1.54, 1.807) is 16.8 Å². The van der Waals surface area contributed by atoms with E-state index in [2.05, 4.69) is 4.98 Å². The van der Waals surface area contributed by atoms with Gasteiger partial charge in [-0.1, -0.05) is 41.9 Å². The van der Waals surface area contributed by atoms with Crippen LogP contribution in [0.3, 0.4) is 0 Å². The highest BCUT2D eigenvalue weighted by molar-refractivity contribution is 6.32. The molecule has 6 heteroatoms. The van der Waals surface area contributed by atoms with Crippen LogP contribution in [0.25, 0.3) is 16.7 Å². The molecule has 5 nitrogen and oxygen atoms in total. The van der Waals surface area contributed by atoms with Gasteiger partial charge in [-0.2, -0.15) is 0 Å². The first-order valence-corrected chi connectivity index (χ1v) is 10.2. The summed E-state index contributed by atoms with van der Waals surface area (Å²) in [6.45, 7) is 2.35. The van der Waals surface area contributed by atoms with E-state index in [1.165, 1.54) is 0 Å². The van der Waals surface area contributed by atoms with Crippen LogP contribution in [0.4, 0.5) is 0 Å². The van der Waals surface area contributed by atoms with Crippen molar-refractivity contribution < 1.29 is 9.47 Å². The quantitative estimate of drug-likeness (QED) is 0.446. The van der Waals surface area contributed by atoms with Crippen molar-refractivity contribution in [2.24, 2.45) is 0 Å². The lowest BCUT2D eigenvalue weighted by atomic mass is 9.79. The molecular weight excluding hydrogens is 400 g/mol. The van der Waals surface area contributed by atoms with Gasteiger partial charge in [0.1, 0.15) is 17.1 Å². The van der Waals surface area contributed by atoms with E-state index in [9.17, 15) is 4.79 Å². The van der Waals surface area contributed by atoms with Crippen LogP contribution in [0, 0.1) is 0 Å². The van der Waals surface area contributed by atoms with E-state index in [-0.39, 0.29) is 11.5 Å². The van der Waals surface area contributed by atoms with Crippen molar-refractivity contribution in [2.45, 2.75) is 18.4 Å². The minimum Gasteiger partial charge on any atom is -0.491 e. The molecule has 148 valence electrons. The van der Waals surface area contributed by atoms with Gasteiger partial charge in [-0.3, -0.25) is 9.36 Å². The second kappa shape index (κ2) is 6.09. The topological polar surface area (TPSA) is 53.4 Å². The Morgan fingerprint density at radius 2 is 1.90 bits per heavy atom. The Morgan fingerprint density at radius 1 is 1.07 bits per heavy atom. The maximum Gasteiger partial charge on any atom is 0.267 e. The summed E-state index contributed by atoms with van der Waals surface area (Å²) >= 11 is 6.43. The van der Waals surface area contributed by atoms with E-state index in [0.717, 1.165) is 16.6 Å². The fourth-order valence-corrected chi connectivity index (χ4v) is 4.95. The Balaban J connectivity index is 1.71. The zero-order chi connectivity index (χ0) is 20.5. The summed E-state index contributed by atoms with van der Waals surface area (Å²) in [7, 11) is 0. The predicted octanol–water partition coefficient (Wildman–Crippen LogP) is 4.82. The molecule has 2 aliphatic heterocycles. The largest absolute Gasteiger partial charge is 0.491 e. The third-order valence-corrected chi connectivity index (χ3v) is 6.44. The second-order valence-electron chi connectivity index (χ2n) is 7.79. The Bertz CT molecular complexity index is 1380. The standard InChI is InChI=1S/C24H17ClN2O3/c1-24-17(15-9-5-11-18(25)20(15)30-24)13-29-21-16-10-6-12-26-22(16)27(23(28)19(21)24)14-7-3-2-4-8-14/h2-12,17H,13H2,1H3/t17-,24+/m1/s1. The summed E-state index contributed by atoms with van der Waals surface area (Å²) in [5.41, 5.74) is 1.68. The van der Waals surface area contributed by atoms with Gasteiger partial charge in [-0.15, -0.1) is 0 Å². The first-order chi connectivity index (χ1) is 14.6. The second-order valence-corrected chi connectivity index (χ2v) is 8.19. The molecule has 0 fully saturated rings. The van der Waals surface area contributed by atoms with Crippen LogP contribution in [0.1, 0.15) is 24.0 Å². The van der Waals surface area contributed by atoms with E-state index in [4.69, 9.17) is 21.1 Å². The van der Waals surface area contributed by atoms with Gasteiger partial charge in [0.05, 0.1) is 28.6 Å². The van der Waals surface area contributed by atoms with E-state index in [1.807, 2.05) is 61.5 Å². The van der Waals surface area contributed by atoms with Gasteiger partial charge in [0.25, 0.3) is 5.56 Å². The third-order valence-electron chi connectivity index (χ3n) is 6.14. The smallest absolute Gasteiger partial charge is 0.267 e. The zero-order valence-electron chi connectivity index (χ0n) is 16.1. The molecule has 0 unspecified atom stereocenters. The molecule has 0 aliphatic carbocycles. The Labute approximate surface area is 177 Å². The van der Waals surface area contributed by atoms with E-state index < -0.39 is 5.60 Å². The highest BCUT2D eigenvalue weighted by Crippen LogP contribution is 2.56. The first kappa shape index (κ1) is 17.5. The summed E-state index contributed by atoms with van der Waals surface area (Å²) in [4.78, 5) is 18.5. The summed E-state index contributed by atoms with van der Waals surface area (Å²) in [5.74, 6) is 1.03. The van der Waals surface area contributed by atoms with Crippen LogP contribution >= 0.6 is 11.6 Å². The minimum absolute atomic E-state index is 0.134. The molecule has 2 atom stereocenters. The van der Waals surface area contributed by atoms with Crippen molar-refractivity contribution in [1.29, 1.82) is 0 Å². The molecule has 0 bridgehead atoms. The number of halogens is 1. The molecule has 2 aromatic carbocycles. The van der Waals surface area contributed by atoms with Crippen molar-refractivity contribution in [1.82, 2.24) is 9.55 Å². The highest BCUT2D eigenvalue weighted by Gasteiger charge is 2.53. The fourth-order valence-electron chi connectivity index (χ4n) is 4.72. The summed E-state index contributed by atoms with van der Waals surface area (Å²) in [6.07, 6.45) is 1.68. The van der Waals surface area contributed by atoms with Crippen LogP contribution < -0.4 is 15.0 Å². The third kappa shape index (κ3) is 2.18. The van der Waals surface area contributed by atoms with Gasteiger partial charge >= 0.3 is 0 Å². The highest BCUT2D eigenvalue weighted by atomic mass is 35.5. The van der Waals surface area contributed by atoms with Gasteiger partial charge in [0.2, 0.25) is 0 Å². The maximum absolute atomic E-state index is 13.9. The average molecular weight is 417 g/mol. The molecule has 2 aromatic heterocycles. The fraction of sp³-hybridized carbons (Fsp3) is 0.167. The molecule has 4 aromatic rings. The van der Waals surface area contributed by atoms with Crippen LogP contribution in [0.5, 0.6) is 11.5 Å². The maximum atomic E-state index is 13.9. The van der Waals surface area contributed by atoms with Gasteiger partial charge in [0, 0.05) is 11.8 Å². The van der Waals surface area contributed by atoms with Crippen LogP contribution in [0.2, 0.25) is 5.02 Å². The number of pyridine rings is 2. The van der Waals surface area contributed by atoms with Gasteiger partial charge < -0.3 is 9.47 Å². The van der Waals surface area contributed by atoms with Crippen LogP contribution in [0.15, 0.2) is 71.7 Å². The normalized spacial score (nSPS) is 21.3. The van der Waals surface area contributed by atoms with Crippen LogP contribution in [-0.4, -0.2) is 16.2 Å². The lowest BCUT2D eigenvalue weighted by molar-refractivity contribution is 0.0425. The number of benzene rings is 2. The lowest BCUT2D eigenvalue weighted by Gasteiger charge is -2.37. The Hall–Kier alpha value is -3.31. The number of para-hydroxylation sites is 2. The van der Waals surface area contributed by atoms with E-state index in [0.29, 0.717) is 34.3 Å². The van der Waals surface area contributed by atoms with Crippen molar-refractivity contribution in [3.05, 3.63) is 93.4 Å². The molecule has 0 radical (unpaired) electrons. The molecule has 0 saturated heterocycles. The molecule has 0 N–H and O–H groups in total. The zero-order valence-corrected chi connectivity index (χ0v) is 16.9. The summed E-state index contributed by atoms with van der Waals surface area (Å²) < 4.78 is 14.3. The first-order valence-electron chi connectivity index (χ1n) is 9.79. The molecule has 0 saturated carbocycles. The van der Waals surface area contributed by atoms with Gasteiger partial charge in [0.15, 0.2) is 11.2 Å². The SMILES string of the molecule is C[C@]12Oc3c(Cl)cccc3[C@H]1COc1c2c(=O)n(-c2ccccc2)c2ncccc12. The lowest BCUT2D eigenvalue weighted by Crippen LogP contribution is -2.45. The molecule has 6 rings (SSSR count). The molecule has 2 aliphatic rings. The number of fused-ring (bicyclic) bond motifs is 7. The van der Waals surface area contributed by atoms with Crippen molar-refractivity contribution in [2.75, 3.05) is 6.61 Å². The summed E-state index contributed by atoms with van der Waals surface area (Å²) in [6, 6.07) is 19.0. The molecule has 30 heavy (non-hydrogen) atoms. The van der Waals surface area contributed by atoms with Crippen molar-refractivity contribution >= 4 is 22.6 Å². The predicted molar refractivity (Wildman–Crippen MR) is 115 cm³/mol. The minimum atomic E-state index is -0.890. The molecule has 4 heterocycles. The average Bonchev–Trinajstić information content (AvgIpc) is 3.08.